The summed E-state index contributed by atoms with van der Waals surface area (Å²) in [6.45, 7) is 3.55. The van der Waals surface area contributed by atoms with E-state index in [2.05, 4.69) is 15.2 Å². The lowest BCUT2D eigenvalue weighted by Crippen LogP contribution is -2.44. The number of aldehydes is 1. The van der Waals surface area contributed by atoms with E-state index in [0.717, 1.165) is 32.2 Å². The predicted molar refractivity (Wildman–Crippen MR) is 100 cm³/mol. The molecular formula is C18H21FN4O2S. The van der Waals surface area contributed by atoms with E-state index in [0.29, 0.717) is 10.0 Å². The predicted octanol–water partition coefficient (Wildman–Crippen LogP) is 2.56. The van der Waals surface area contributed by atoms with E-state index in [4.69, 9.17) is 5.73 Å². The molecule has 2 aromatic rings. The number of halogens is 1. The first-order chi connectivity index (χ1) is 12.5. The fourth-order valence-electron chi connectivity index (χ4n) is 3.03. The van der Waals surface area contributed by atoms with Gasteiger partial charge in [0.25, 0.3) is 0 Å². The van der Waals surface area contributed by atoms with Gasteiger partial charge in [-0.3, -0.25) is 9.69 Å². The normalized spacial score (nSPS) is 17.0. The number of ketones is 1. The van der Waals surface area contributed by atoms with Gasteiger partial charge in [0.15, 0.2) is 5.13 Å². The van der Waals surface area contributed by atoms with Crippen molar-refractivity contribution >= 4 is 34.4 Å². The molecule has 0 saturated carbocycles. The van der Waals surface area contributed by atoms with Gasteiger partial charge in [-0.1, -0.05) is 23.5 Å². The van der Waals surface area contributed by atoms with Crippen LogP contribution in [0.25, 0.3) is 0 Å². The molecule has 1 unspecified atom stereocenters. The Bertz CT molecular complexity index is 802. The summed E-state index contributed by atoms with van der Waals surface area (Å²) in [7, 11) is 0. The molecule has 8 heteroatoms. The zero-order valence-corrected chi connectivity index (χ0v) is 15.3. The zero-order valence-electron chi connectivity index (χ0n) is 14.4. The number of nitrogens with one attached hydrogen (secondary N) is 1. The van der Waals surface area contributed by atoms with E-state index in [9.17, 15) is 14.0 Å². The molecule has 1 aromatic heterocycles. The first-order valence-electron chi connectivity index (χ1n) is 8.50. The number of carbonyl (C=O) groups is 2. The second-order valence-corrected chi connectivity index (χ2v) is 7.40. The van der Waals surface area contributed by atoms with Gasteiger partial charge in [-0.25, -0.2) is 9.37 Å². The summed E-state index contributed by atoms with van der Waals surface area (Å²) < 4.78 is 13.3. The molecule has 1 fully saturated rings. The highest BCUT2D eigenvalue weighted by Crippen LogP contribution is 2.29. The Morgan fingerprint density at radius 1 is 1.46 bits per heavy atom. The van der Waals surface area contributed by atoms with Crippen molar-refractivity contribution in [2.24, 2.45) is 0 Å². The molecule has 0 amide bonds. The third kappa shape index (κ3) is 4.08. The number of piperidine rings is 1. The summed E-state index contributed by atoms with van der Waals surface area (Å²) in [5.74, 6) is -0.644. The van der Waals surface area contributed by atoms with Gasteiger partial charge in [0.05, 0.1) is 6.04 Å². The van der Waals surface area contributed by atoms with Crippen molar-refractivity contribution in [3.63, 3.8) is 0 Å². The minimum Gasteiger partial charge on any atom is -0.382 e. The van der Waals surface area contributed by atoms with Crippen molar-refractivity contribution in [2.75, 3.05) is 24.1 Å². The standard InChI is InChI=1S/C18H21FN4O2S/c1-11(10-24)23-7-5-14(6-8-23)21-18-22-17(20)16(26-18)15(25)12-3-2-4-13(19)9-12/h2-4,9-11,14H,5-8,20H2,1H3,(H,21,22). The van der Waals surface area contributed by atoms with Crippen LogP contribution in [0, 0.1) is 5.82 Å². The number of nitrogens with zero attached hydrogens (tertiary/aromatic N) is 2. The Morgan fingerprint density at radius 2 is 2.19 bits per heavy atom. The van der Waals surface area contributed by atoms with E-state index in [-0.39, 0.29) is 29.2 Å². The minimum absolute atomic E-state index is 0.0676. The average Bonchev–Trinajstić information content (AvgIpc) is 3.01. The number of nitrogen functional groups attached to an aromatic ring is 1. The number of nitrogens with two attached hydrogens (primary N) is 1. The van der Waals surface area contributed by atoms with E-state index in [1.165, 1.54) is 29.5 Å². The topological polar surface area (TPSA) is 88.3 Å². The summed E-state index contributed by atoms with van der Waals surface area (Å²) >= 11 is 1.18. The molecule has 2 heterocycles. The molecule has 3 rings (SSSR count). The monoisotopic (exact) mass is 376 g/mol. The highest BCUT2D eigenvalue weighted by Gasteiger charge is 2.24. The molecule has 138 valence electrons. The quantitative estimate of drug-likeness (QED) is 0.595. The van der Waals surface area contributed by atoms with Gasteiger partial charge in [0.2, 0.25) is 5.78 Å². The summed E-state index contributed by atoms with van der Waals surface area (Å²) in [6, 6.07) is 5.68. The van der Waals surface area contributed by atoms with Crippen molar-refractivity contribution in [1.82, 2.24) is 9.88 Å². The fourth-order valence-corrected chi connectivity index (χ4v) is 3.95. The van der Waals surface area contributed by atoms with Gasteiger partial charge in [0, 0.05) is 24.7 Å². The molecule has 1 aliphatic heterocycles. The van der Waals surface area contributed by atoms with Crippen LogP contribution in [0.3, 0.4) is 0 Å². The van der Waals surface area contributed by atoms with Crippen molar-refractivity contribution in [1.29, 1.82) is 0 Å². The molecule has 0 radical (unpaired) electrons. The van der Waals surface area contributed by atoms with Crippen molar-refractivity contribution in [3.8, 4) is 0 Å². The number of hydrogen-bond acceptors (Lipinski definition) is 7. The van der Waals surface area contributed by atoms with Gasteiger partial charge in [0.1, 0.15) is 22.8 Å². The Hall–Kier alpha value is -2.32. The molecule has 6 nitrogen and oxygen atoms in total. The van der Waals surface area contributed by atoms with E-state index in [1.54, 1.807) is 6.07 Å². The zero-order chi connectivity index (χ0) is 18.7. The van der Waals surface area contributed by atoms with Crippen LogP contribution < -0.4 is 11.1 Å². The van der Waals surface area contributed by atoms with Gasteiger partial charge >= 0.3 is 0 Å². The van der Waals surface area contributed by atoms with Gasteiger partial charge < -0.3 is 15.8 Å². The largest absolute Gasteiger partial charge is 0.382 e. The van der Waals surface area contributed by atoms with Gasteiger partial charge in [-0.2, -0.15) is 0 Å². The first kappa shape index (κ1) is 18.5. The molecule has 1 aliphatic rings. The molecular weight excluding hydrogens is 355 g/mol. The minimum atomic E-state index is -0.464. The van der Waals surface area contributed by atoms with Crippen LogP contribution in [0.15, 0.2) is 24.3 Å². The second-order valence-electron chi connectivity index (χ2n) is 6.40. The highest BCUT2D eigenvalue weighted by molar-refractivity contribution is 7.18. The lowest BCUT2D eigenvalue weighted by molar-refractivity contribution is -0.112. The van der Waals surface area contributed by atoms with Crippen LogP contribution in [0.4, 0.5) is 15.3 Å². The summed E-state index contributed by atoms with van der Waals surface area (Å²) in [5.41, 5.74) is 6.15. The molecule has 3 N–H and O–H groups in total. The van der Waals surface area contributed by atoms with E-state index >= 15 is 0 Å². The van der Waals surface area contributed by atoms with Crippen molar-refractivity contribution in [2.45, 2.75) is 31.8 Å². The number of rotatable bonds is 6. The lowest BCUT2D eigenvalue weighted by atomic mass is 10.0. The van der Waals surface area contributed by atoms with Crippen molar-refractivity contribution < 1.29 is 14.0 Å². The maximum absolute atomic E-state index is 13.3. The lowest BCUT2D eigenvalue weighted by Gasteiger charge is -2.34. The van der Waals surface area contributed by atoms with Crippen LogP contribution in [0.2, 0.25) is 0 Å². The first-order valence-corrected chi connectivity index (χ1v) is 9.32. The van der Waals surface area contributed by atoms with Crippen molar-refractivity contribution in [3.05, 3.63) is 40.5 Å². The molecule has 1 aromatic carbocycles. The third-order valence-electron chi connectivity index (χ3n) is 4.58. The second kappa shape index (κ2) is 7.92. The number of benzene rings is 1. The molecule has 0 spiro atoms. The Morgan fingerprint density at radius 3 is 2.85 bits per heavy atom. The van der Waals surface area contributed by atoms with Gasteiger partial charge in [-0.15, -0.1) is 0 Å². The maximum atomic E-state index is 13.3. The van der Waals surface area contributed by atoms with Crippen LogP contribution in [0.1, 0.15) is 35.0 Å². The number of carbonyl (C=O) groups excluding carboxylic acids is 2. The molecule has 26 heavy (non-hydrogen) atoms. The highest BCUT2D eigenvalue weighted by atomic mass is 32.1. The Labute approximate surface area is 155 Å². The summed E-state index contributed by atoms with van der Waals surface area (Å²) in [4.78, 5) is 30.1. The molecule has 1 saturated heterocycles. The third-order valence-corrected chi connectivity index (χ3v) is 5.58. The smallest absolute Gasteiger partial charge is 0.206 e. The SMILES string of the molecule is CC(C=O)N1CCC(Nc2nc(N)c(C(=O)c3cccc(F)c3)s2)CC1. The Kier molecular flexibility index (Phi) is 5.63. The number of hydrogen-bond donors (Lipinski definition) is 2. The van der Waals surface area contributed by atoms with E-state index in [1.807, 2.05) is 6.92 Å². The van der Waals surface area contributed by atoms with E-state index < -0.39 is 5.82 Å². The molecule has 0 aliphatic carbocycles. The van der Waals surface area contributed by atoms with Gasteiger partial charge in [-0.05, 0) is 31.9 Å². The van der Waals surface area contributed by atoms with Crippen LogP contribution in [-0.4, -0.2) is 47.1 Å². The fraction of sp³-hybridized carbons (Fsp3) is 0.389. The summed E-state index contributed by atoms with van der Waals surface area (Å²) in [5, 5.41) is 3.91. The summed E-state index contributed by atoms with van der Waals surface area (Å²) in [6.07, 6.45) is 2.72. The maximum Gasteiger partial charge on any atom is 0.206 e. The van der Waals surface area contributed by atoms with Crippen LogP contribution >= 0.6 is 11.3 Å². The number of anilines is 2. The number of thiazole rings is 1. The van der Waals surface area contributed by atoms with Crippen LogP contribution in [0.5, 0.6) is 0 Å². The number of likely N-dealkylation sites (tertiary alicyclic amines) is 1. The number of aromatic nitrogens is 1. The molecule has 0 bridgehead atoms. The van der Waals surface area contributed by atoms with Crippen LogP contribution in [-0.2, 0) is 4.79 Å². The molecule has 1 atom stereocenters. The average molecular weight is 376 g/mol. The Balaban J connectivity index is 1.65.